The molecule has 0 aliphatic carbocycles. The van der Waals surface area contributed by atoms with Crippen molar-refractivity contribution in [3.05, 3.63) is 81.9 Å². The highest BCUT2D eigenvalue weighted by atomic mass is 35.5. The maximum atomic E-state index is 15.9. The average Bonchev–Trinajstić information content (AvgIpc) is 3.54. The third-order valence-corrected chi connectivity index (χ3v) is 7.42. The number of carbonyl (C=O) groups excluding carboxylic acids is 1. The monoisotopic (exact) mass is 513 g/mol. The highest BCUT2D eigenvalue weighted by molar-refractivity contribution is 6.34. The number of halogens is 3. The van der Waals surface area contributed by atoms with E-state index < -0.39 is 23.1 Å². The number of primary amides is 1. The number of aliphatic hydroxyl groups excluding tert-OH is 1. The summed E-state index contributed by atoms with van der Waals surface area (Å²) in [5.41, 5.74) is 6.72. The van der Waals surface area contributed by atoms with Gasteiger partial charge in [0, 0.05) is 29.3 Å². The molecule has 1 saturated heterocycles. The first kappa shape index (κ1) is 24.5. The third-order valence-electron chi connectivity index (χ3n) is 7.06. The van der Waals surface area contributed by atoms with Crippen LogP contribution in [0.25, 0.3) is 11.1 Å². The number of ether oxygens (including phenoxy) is 1. The number of amides is 1. The number of hydrogen-bond acceptors (Lipinski definition) is 5. The number of hydrogen-bond donors (Lipinski definition) is 4. The van der Waals surface area contributed by atoms with E-state index in [1.54, 1.807) is 0 Å². The molecule has 6 nitrogen and oxygen atoms in total. The molecule has 3 aromatic rings. The summed E-state index contributed by atoms with van der Waals surface area (Å²) in [5, 5.41) is 15.9. The van der Waals surface area contributed by atoms with Crippen LogP contribution in [0.3, 0.4) is 0 Å². The molecule has 0 spiro atoms. The lowest BCUT2D eigenvalue weighted by Crippen LogP contribution is -2.50. The molecule has 2 aliphatic heterocycles. The topological polar surface area (TPSA) is 96.6 Å². The summed E-state index contributed by atoms with van der Waals surface area (Å²) in [5.74, 6) is -2.73. The van der Waals surface area contributed by atoms with Crippen LogP contribution in [0.15, 0.2) is 48.5 Å². The van der Waals surface area contributed by atoms with E-state index in [1.807, 2.05) is 30.3 Å². The Morgan fingerprint density at radius 2 is 1.97 bits per heavy atom. The Labute approximate surface area is 212 Å². The van der Waals surface area contributed by atoms with Crippen molar-refractivity contribution >= 4 is 23.2 Å². The first-order valence-electron chi connectivity index (χ1n) is 11.8. The lowest BCUT2D eigenvalue weighted by Gasteiger charge is -2.37. The first-order chi connectivity index (χ1) is 17.4. The van der Waals surface area contributed by atoms with Gasteiger partial charge in [-0.15, -0.1) is 0 Å². The lowest BCUT2D eigenvalue weighted by atomic mass is 9.78. The fraction of sp³-hybridized carbons (Fsp3) is 0.296. The van der Waals surface area contributed by atoms with E-state index in [9.17, 15) is 4.79 Å². The van der Waals surface area contributed by atoms with Crippen LogP contribution in [0, 0.1) is 11.6 Å². The fourth-order valence-electron chi connectivity index (χ4n) is 5.48. The summed E-state index contributed by atoms with van der Waals surface area (Å²) in [4.78, 5) is 12.3. The van der Waals surface area contributed by atoms with Crippen LogP contribution in [0.4, 0.5) is 14.5 Å². The van der Waals surface area contributed by atoms with E-state index in [0.717, 1.165) is 24.9 Å². The largest absolute Gasteiger partial charge is 0.488 e. The molecule has 2 aliphatic rings. The molecule has 2 heterocycles. The molecular formula is C27H26ClF2N3O3. The summed E-state index contributed by atoms with van der Waals surface area (Å²) in [6.45, 7) is 0.359. The molecule has 9 heteroatoms. The SMILES string of the molecule is NC(=O)c1ccc(OCCO)c(F)c1-c1c(Cl)c(F)cc2c1C[C@](c1ccccc1)([C@@H]1CCCN1)N2. The molecule has 2 atom stereocenters. The van der Waals surface area contributed by atoms with Crippen molar-refractivity contribution in [3.8, 4) is 16.9 Å². The molecule has 0 bridgehead atoms. The Morgan fingerprint density at radius 1 is 1.19 bits per heavy atom. The second-order valence-electron chi connectivity index (χ2n) is 9.10. The molecule has 3 aromatic carbocycles. The summed E-state index contributed by atoms with van der Waals surface area (Å²) in [6.07, 6.45) is 2.26. The van der Waals surface area contributed by atoms with Gasteiger partial charge in [0.25, 0.3) is 0 Å². The lowest BCUT2D eigenvalue weighted by molar-refractivity contribution is 0.100. The smallest absolute Gasteiger partial charge is 0.249 e. The Bertz CT molecular complexity index is 1320. The maximum absolute atomic E-state index is 15.9. The molecule has 1 fully saturated rings. The van der Waals surface area contributed by atoms with Crippen molar-refractivity contribution in [1.82, 2.24) is 5.32 Å². The second-order valence-corrected chi connectivity index (χ2v) is 9.48. The van der Waals surface area contributed by atoms with Crippen molar-refractivity contribution < 1.29 is 23.4 Å². The number of fused-ring (bicyclic) bond motifs is 1. The zero-order valence-electron chi connectivity index (χ0n) is 19.4. The summed E-state index contributed by atoms with van der Waals surface area (Å²) >= 11 is 6.50. The van der Waals surface area contributed by atoms with E-state index in [0.29, 0.717) is 17.7 Å². The molecule has 188 valence electrons. The van der Waals surface area contributed by atoms with Crippen LogP contribution >= 0.6 is 11.6 Å². The Balaban J connectivity index is 1.74. The zero-order chi connectivity index (χ0) is 25.4. The van der Waals surface area contributed by atoms with E-state index in [2.05, 4.69) is 10.6 Å². The van der Waals surface area contributed by atoms with Crippen molar-refractivity contribution in [2.75, 3.05) is 25.1 Å². The molecule has 0 aromatic heterocycles. The van der Waals surface area contributed by atoms with Gasteiger partial charge in [0.1, 0.15) is 12.4 Å². The Kier molecular flexibility index (Phi) is 6.59. The van der Waals surface area contributed by atoms with E-state index in [-0.39, 0.29) is 46.7 Å². The van der Waals surface area contributed by atoms with Gasteiger partial charge in [-0.3, -0.25) is 4.79 Å². The van der Waals surface area contributed by atoms with E-state index in [4.69, 9.17) is 27.2 Å². The van der Waals surface area contributed by atoms with Gasteiger partial charge in [-0.25, -0.2) is 8.78 Å². The Morgan fingerprint density at radius 3 is 2.64 bits per heavy atom. The van der Waals surface area contributed by atoms with Crippen molar-refractivity contribution in [2.24, 2.45) is 5.73 Å². The van der Waals surface area contributed by atoms with Crippen molar-refractivity contribution in [1.29, 1.82) is 0 Å². The second kappa shape index (κ2) is 9.69. The van der Waals surface area contributed by atoms with Crippen LogP contribution in [-0.4, -0.2) is 36.8 Å². The van der Waals surface area contributed by atoms with Gasteiger partial charge < -0.3 is 26.2 Å². The first-order valence-corrected chi connectivity index (χ1v) is 12.2. The minimum absolute atomic E-state index is 0.0293. The standard InChI is InChI=1S/C27H26ClF2N3O3/c28-24-18(29)13-19-17(14-27(33-19,21-7-4-10-32-21)15-5-2-1-3-6-15)22(24)23-16(26(31)35)8-9-20(25(23)30)36-12-11-34/h1-3,5-6,8-9,13,21,32-34H,4,7,10-12,14H2,(H2,31,35)/t21-,27-/m0/s1. The highest BCUT2D eigenvalue weighted by Crippen LogP contribution is 2.51. The fourth-order valence-corrected chi connectivity index (χ4v) is 5.75. The zero-order valence-corrected chi connectivity index (χ0v) is 20.2. The number of benzene rings is 3. The molecule has 1 amide bonds. The number of carbonyl (C=O) groups is 1. The van der Waals surface area contributed by atoms with Gasteiger partial charge in [0.15, 0.2) is 11.6 Å². The minimum atomic E-state index is -0.898. The van der Waals surface area contributed by atoms with Crippen molar-refractivity contribution in [3.63, 3.8) is 0 Å². The van der Waals surface area contributed by atoms with Crippen LogP contribution in [-0.2, 0) is 12.0 Å². The highest BCUT2D eigenvalue weighted by Gasteiger charge is 2.47. The van der Waals surface area contributed by atoms with Crippen molar-refractivity contribution in [2.45, 2.75) is 30.8 Å². The van der Waals surface area contributed by atoms with Gasteiger partial charge in [0.2, 0.25) is 5.91 Å². The summed E-state index contributed by atoms with van der Waals surface area (Å²) < 4.78 is 36.4. The summed E-state index contributed by atoms with van der Waals surface area (Å²) in [6, 6.07) is 13.8. The number of nitrogens with one attached hydrogen (secondary N) is 2. The normalized spacial score (nSPS) is 20.7. The van der Waals surface area contributed by atoms with Gasteiger partial charge in [-0.05, 0) is 48.7 Å². The third kappa shape index (κ3) is 3.99. The maximum Gasteiger partial charge on any atom is 0.249 e. The molecule has 0 saturated carbocycles. The van der Waals surface area contributed by atoms with E-state index in [1.165, 1.54) is 18.2 Å². The predicted molar refractivity (Wildman–Crippen MR) is 134 cm³/mol. The number of aliphatic hydroxyl groups is 1. The predicted octanol–water partition coefficient (Wildman–Crippen LogP) is 4.37. The number of rotatable bonds is 7. The van der Waals surface area contributed by atoms with Gasteiger partial charge >= 0.3 is 0 Å². The van der Waals surface area contributed by atoms with Gasteiger partial charge in [-0.1, -0.05) is 41.9 Å². The van der Waals surface area contributed by atoms with Crippen LogP contribution in [0.5, 0.6) is 5.75 Å². The molecule has 0 radical (unpaired) electrons. The molecule has 0 unspecified atom stereocenters. The molecule has 36 heavy (non-hydrogen) atoms. The van der Waals surface area contributed by atoms with E-state index >= 15 is 8.78 Å². The molecular weight excluding hydrogens is 488 g/mol. The van der Waals surface area contributed by atoms with Gasteiger partial charge in [-0.2, -0.15) is 0 Å². The van der Waals surface area contributed by atoms with Crippen LogP contribution in [0.2, 0.25) is 5.02 Å². The number of nitrogens with two attached hydrogens (primary N) is 1. The van der Waals surface area contributed by atoms with Crippen LogP contribution in [0.1, 0.15) is 34.3 Å². The minimum Gasteiger partial charge on any atom is -0.488 e. The molecule has 5 rings (SSSR count). The molecule has 5 N–H and O–H groups in total. The average molecular weight is 514 g/mol. The van der Waals surface area contributed by atoms with Gasteiger partial charge in [0.05, 0.1) is 22.7 Å². The quantitative estimate of drug-likeness (QED) is 0.376. The van der Waals surface area contributed by atoms with Crippen LogP contribution < -0.4 is 21.1 Å². The summed E-state index contributed by atoms with van der Waals surface area (Å²) in [7, 11) is 0. The Hall–Kier alpha value is -3.20. The number of anilines is 1.